The van der Waals surface area contributed by atoms with Crippen molar-refractivity contribution in [1.29, 1.82) is 0 Å². The summed E-state index contributed by atoms with van der Waals surface area (Å²) in [5.74, 6) is 1.24. The van der Waals surface area contributed by atoms with E-state index >= 15 is 0 Å². The van der Waals surface area contributed by atoms with Gasteiger partial charge in [0, 0.05) is 11.8 Å². The molecule has 2 rings (SSSR count). The van der Waals surface area contributed by atoms with Gasteiger partial charge in [-0.15, -0.1) is 0 Å². The number of hydrogen-bond donors (Lipinski definition) is 0. The lowest BCUT2D eigenvalue weighted by molar-refractivity contribution is -0.169. The highest BCUT2D eigenvalue weighted by atomic mass is 16.6. The number of carbonyl (C=O) groups is 2. The van der Waals surface area contributed by atoms with E-state index in [2.05, 4.69) is 55.4 Å². The van der Waals surface area contributed by atoms with Crippen LogP contribution in [-0.4, -0.2) is 24.1 Å². The van der Waals surface area contributed by atoms with Crippen LogP contribution in [0.15, 0.2) is 0 Å². The molecule has 0 amide bonds. The normalized spacial score (nSPS) is 28.6. The SMILES string of the molecule is CCC1(CC)CCCC(OC(=O)CCC(=O)OC2CCCC(CC)(CC)C2C(C)C)C1C(C)C. The quantitative estimate of drug-likeness (QED) is 0.281. The third-order valence-electron chi connectivity index (χ3n) is 9.89. The Balaban J connectivity index is 1.96. The van der Waals surface area contributed by atoms with Crippen molar-refractivity contribution < 1.29 is 19.1 Å². The first kappa shape index (κ1) is 29.2. The molecule has 2 saturated carbocycles. The van der Waals surface area contributed by atoms with E-state index in [9.17, 15) is 9.59 Å². The lowest BCUT2D eigenvalue weighted by Crippen LogP contribution is -2.46. The van der Waals surface area contributed by atoms with Gasteiger partial charge in [0.15, 0.2) is 0 Å². The summed E-state index contributed by atoms with van der Waals surface area (Å²) < 4.78 is 12.1. The molecule has 198 valence electrons. The molecule has 2 fully saturated rings. The molecule has 0 heterocycles. The van der Waals surface area contributed by atoms with E-state index in [0.29, 0.717) is 23.7 Å². The molecule has 34 heavy (non-hydrogen) atoms. The minimum absolute atomic E-state index is 0.0319. The highest BCUT2D eigenvalue weighted by Crippen LogP contribution is 2.51. The van der Waals surface area contributed by atoms with Crippen molar-refractivity contribution in [2.75, 3.05) is 0 Å². The summed E-state index contributed by atoms with van der Waals surface area (Å²) in [6.45, 7) is 18.2. The zero-order chi connectivity index (χ0) is 25.5. The van der Waals surface area contributed by atoms with Crippen LogP contribution >= 0.6 is 0 Å². The van der Waals surface area contributed by atoms with Crippen molar-refractivity contribution in [3.8, 4) is 0 Å². The molecule has 4 heteroatoms. The van der Waals surface area contributed by atoms with Crippen molar-refractivity contribution in [3.63, 3.8) is 0 Å². The Morgan fingerprint density at radius 3 is 1.26 bits per heavy atom. The first-order valence-corrected chi connectivity index (χ1v) is 14.5. The number of esters is 2. The second kappa shape index (κ2) is 12.8. The van der Waals surface area contributed by atoms with Crippen LogP contribution in [-0.2, 0) is 19.1 Å². The van der Waals surface area contributed by atoms with Gasteiger partial charge < -0.3 is 9.47 Å². The van der Waals surface area contributed by atoms with Crippen LogP contribution in [0.1, 0.15) is 132 Å². The van der Waals surface area contributed by atoms with E-state index in [1.54, 1.807) is 0 Å². The molecule has 0 aromatic heterocycles. The minimum Gasteiger partial charge on any atom is -0.462 e. The van der Waals surface area contributed by atoms with Gasteiger partial charge in [-0.2, -0.15) is 0 Å². The summed E-state index contributed by atoms with van der Waals surface area (Å²) in [6, 6.07) is 0. The fourth-order valence-electron chi connectivity index (χ4n) is 8.14. The molecule has 0 radical (unpaired) electrons. The highest BCUT2D eigenvalue weighted by molar-refractivity contribution is 5.77. The topological polar surface area (TPSA) is 52.6 Å². The van der Waals surface area contributed by atoms with E-state index in [1.165, 1.54) is 12.8 Å². The first-order valence-electron chi connectivity index (χ1n) is 14.5. The Labute approximate surface area is 210 Å². The zero-order valence-corrected chi connectivity index (χ0v) is 23.6. The summed E-state index contributed by atoms with van der Waals surface area (Å²) in [5, 5.41) is 0. The van der Waals surface area contributed by atoms with Crippen molar-refractivity contribution in [1.82, 2.24) is 0 Å². The maximum absolute atomic E-state index is 12.8. The molecule has 4 nitrogen and oxygen atoms in total. The molecule has 0 saturated heterocycles. The molecule has 0 spiro atoms. The summed E-state index contributed by atoms with van der Waals surface area (Å²) in [7, 11) is 0. The van der Waals surface area contributed by atoms with Crippen LogP contribution in [0.4, 0.5) is 0 Å². The van der Waals surface area contributed by atoms with Gasteiger partial charge in [-0.1, -0.05) is 81.1 Å². The molecule has 4 unspecified atom stereocenters. The molecular formula is C30H54O4. The third-order valence-corrected chi connectivity index (χ3v) is 9.89. The van der Waals surface area contributed by atoms with Gasteiger partial charge >= 0.3 is 11.9 Å². The molecule has 2 aliphatic carbocycles. The minimum atomic E-state index is -0.240. The Kier molecular flexibility index (Phi) is 11.0. The van der Waals surface area contributed by atoms with Crippen LogP contribution in [0.25, 0.3) is 0 Å². The lowest BCUT2D eigenvalue weighted by atomic mass is 9.58. The van der Waals surface area contributed by atoms with Gasteiger partial charge in [0.05, 0.1) is 12.8 Å². The Morgan fingerprint density at radius 2 is 1.00 bits per heavy atom. The van der Waals surface area contributed by atoms with Gasteiger partial charge in [0.1, 0.15) is 12.2 Å². The highest BCUT2D eigenvalue weighted by Gasteiger charge is 2.47. The van der Waals surface area contributed by atoms with Gasteiger partial charge in [0.25, 0.3) is 0 Å². The predicted octanol–water partition coefficient (Wildman–Crippen LogP) is 8.12. The number of rotatable bonds is 11. The van der Waals surface area contributed by atoms with E-state index in [1.807, 2.05) is 0 Å². The second-order valence-electron chi connectivity index (χ2n) is 12.0. The van der Waals surface area contributed by atoms with Gasteiger partial charge in [-0.3, -0.25) is 9.59 Å². The first-order chi connectivity index (χ1) is 16.1. The van der Waals surface area contributed by atoms with Gasteiger partial charge in [0.2, 0.25) is 0 Å². The van der Waals surface area contributed by atoms with Gasteiger partial charge in [-0.05, 0) is 61.2 Å². The number of ether oxygens (including phenoxy) is 2. The summed E-state index contributed by atoms with van der Waals surface area (Å²) in [5.41, 5.74) is 0.516. The fraction of sp³-hybridized carbons (Fsp3) is 0.933. The summed E-state index contributed by atoms with van der Waals surface area (Å²) in [6.07, 6.45) is 11.2. The van der Waals surface area contributed by atoms with E-state index in [0.717, 1.165) is 51.4 Å². The smallest absolute Gasteiger partial charge is 0.306 e. The molecule has 0 aliphatic heterocycles. The maximum atomic E-state index is 12.8. The molecule has 2 aliphatic rings. The van der Waals surface area contributed by atoms with Crippen molar-refractivity contribution in [2.24, 2.45) is 34.5 Å². The van der Waals surface area contributed by atoms with Crippen molar-refractivity contribution in [3.05, 3.63) is 0 Å². The van der Waals surface area contributed by atoms with Crippen LogP contribution < -0.4 is 0 Å². The summed E-state index contributed by atoms with van der Waals surface area (Å²) >= 11 is 0. The van der Waals surface area contributed by atoms with Crippen molar-refractivity contribution >= 4 is 11.9 Å². The largest absolute Gasteiger partial charge is 0.462 e. The molecule has 0 N–H and O–H groups in total. The van der Waals surface area contributed by atoms with Crippen LogP contribution in [0, 0.1) is 34.5 Å². The second-order valence-corrected chi connectivity index (χ2v) is 12.0. The van der Waals surface area contributed by atoms with Gasteiger partial charge in [-0.25, -0.2) is 0 Å². The van der Waals surface area contributed by atoms with E-state index < -0.39 is 0 Å². The fourth-order valence-corrected chi connectivity index (χ4v) is 8.14. The van der Waals surface area contributed by atoms with Crippen molar-refractivity contribution in [2.45, 2.75) is 145 Å². The molecule has 4 atom stereocenters. The number of carbonyl (C=O) groups excluding carboxylic acids is 2. The zero-order valence-electron chi connectivity index (χ0n) is 23.6. The van der Waals surface area contributed by atoms with Crippen LogP contribution in [0.3, 0.4) is 0 Å². The standard InChI is InChI=1S/C30H54O4/c1-9-29(10-2)19-13-15-23(27(29)21(5)6)33-25(31)17-18-26(32)34-24-16-14-20-30(11-3,12-4)28(24)22(7)8/h21-24,27-28H,9-20H2,1-8H3. The average Bonchev–Trinajstić information content (AvgIpc) is 2.81. The molecule has 0 bridgehead atoms. The van der Waals surface area contributed by atoms with E-state index in [-0.39, 0.29) is 47.8 Å². The average molecular weight is 479 g/mol. The monoisotopic (exact) mass is 478 g/mol. The molecule has 0 aromatic rings. The third kappa shape index (κ3) is 6.38. The van der Waals surface area contributed by atoms with Crippen LogP contribution in [0.2, 0.25) is 0 Å². The number of hydrogen-bond acceptors (Lipinski definition) is 4. The van der Waals surface area contributed by atoms with E-state index in [4.69, 9.17) is 9.47 Å². The molecular weight excluding hydrogens is 424 g/mol. The van der Waals surface area contributed by atoms with Crippen LogP contribution in [0.5, 0.6) is 0 Å². The Hall–Kier alpha value is -1.06. The maximum Gasteiger partial charge on any atom is 0.306 e. The molecule has 0 aromatic carbocycles. The Morgan fingerprint density at radius 1 is 0.676 bits per heavy atom. The lowest BCUT2D eigenvalue weighted by Gasteiger charge is -2.49. The predicted molar refractivity (Wildman–Crippen MR) is 139 cm³/mol. The Bertz CT molecular complexity index is 588. The summed E-state index contributed by atoms with van der Waals surface area (Å²) in [4.78, 5) is 25.6.